The summed E-state index contributed by atoms with van der Waals surface area (Å²) in [5.41, 5.74) is 2.84. The van der Waals surface area contributed by atoms with Crippen molar-refractivity contribution in [1.82, 2.24) is 0 Å². The molecule has 0 saturated heterocycles. The van der Waals surface area contributed by atoms with Crippen LogP contribution in [0.3, 0.4) is 0 Å². The zero-order chi connectivity index (χ0) is 22.6. The summed E-state index contributed by atoms with van der Waals surface area (Å²) in [7, 11) is 0. The smallest absolute Gasteiger partial charge is 0.0568 e. The molecule has 0 radical (unpaired) electrons. The van der Waals surface area contributed by atoms with Crippen molar-refractivity contribution in [3.63, 3.8) is 0 Å². The van der Waals surface area contributed by atoms with Crippen LogP contribution in [0.25, 0.3) is 0 Å². The molecule has 4 aliphatic rings. The maximum Gasteiger partial charge on any atom is 0.0568 e. The van der Waals surface area contributed by atoms with Gasteiger partial charge in [0.2, 0.25) is 0 Å². The Morgan fingerprint density at radius 2 is 1.65 bits per heavy atom. The largest absolute Gasteiger partial charge is 0.393 e. The molecule has 31 heavy (non-hydrogen) atoms. The molecule has 0 heterocycles. The summed E-state index contributed by atoms with van der Waals surface area (Å²) in [6.07, 6.45) is 16.1. The van der Waals surface area contributed by atoms with Gasteiger partial charge in [0.1, 0.15) is 0 Å². The van der Waals surface area contributed by atoms with Gasteiger partial charge in [0.25, 0.3) is 0 Å². The minimum absolute atomic E-state index is 0.0728. The van der Waals surface area contributed by atoms with Crippen LogP contribution < -0.4 is 0 Å². The molecular weight excluding hydrogens is 376 g/mol. The van der Waals surface area contributed by atoms with Crippen molar-refractivity contribution in [2.75, 3.05) is 0 Å². The second-order valence-electron chi connectivity index (χ2n) is 13.3. The Bertz CT molecular complexity index is 663. The molecule has 0 amide bonds. The third-order valence-corrected chi connectivity index (χ3v) is 11.8. The van der Waals surface area contributed by atoms with E-state index < -0.39 is 0 Å². The lowest BCUT2D eigenvalue weighted by atomic mass is 9.46. The molecule has 10 atom stereocenters. The number of allylic oxidation sites excluding steroid dienone is 2. The van der Waals surface area contributed by atoms with Crippen LogP contribution in [0.2, 0.25) is 0 Å². The van der Waals surface area contributed by atoms with E-state index in [1.807, 2.05) is 5.57 Å². The minimum Gasteiger partial charge on any atom is -0.393 e. The molecular formula is C30H52O. The maximum atomic E-state index is 10.5. The van der Waals surface area contributed by atoms with Gasteiger partial charge in [-0.25, -0.2) is 0 Å². The Kier molecular flexibility index (Phi) is 6.78. The van der Waals surface area contributed by atoms with E-state index in [1.54, 1.807) is 0 Å². The topological polar surface area (TPSA) is 20.2 Å². The van der Waals surface area contributed by atoms with Crippen molar-refractivity contribution in [1.29, 1.82) is 0 Å². The van der Waals surface area contributed by atoms with E-state index in [2.05, 4.69) is 54.5 Å². The van der Waals surface area contributed by atoms with Gasteiger partial charge in [0.15, 0.2) is 0 Å². The molecule has 4 rings (SSSR count). The molecule has 4 aliphatic carbocycles. The summed E-state index contributed by atoms with van der Waals surface area (Å²) in [5, 5.41) is 10.5. The van der Waals surface area contributed by atoms with Crippen LogP contribution in [0.1, 0.15) is 113 Å². The van der Waals surface area contributed by atoms with Crippen molar-refractivity contribution >= 4 is 0 Å². The third kappa shape index (κ3) is 3.87. The summed E-state index contributed by atoms with van der Waals surface area (Å²) in [6.45, 7) is 17.4. The molecule has 3 saturated carbocycles. The molecule has 0 spiro atoms. The van der Waals surface area contributed by atoms with E-state index in [1.165, 1.54) is 57.8 Å². The Labute approximate surface area is 193 Å². The van der Waals surface area contributed by atoms with Gasteiger partial charge in [-0.3, -0.25) is 0 Å². The molecule has 0 aromatic carbocycles. The van der Waals surface area contributed by atoms with Crippen molar-refractivity contribution in [2.45, 2.75) is 119 Å². The standard InChI is InChI=1S/C30H52O/c1-8-22(19(2)3)10-9-20(4)24-13-14-26-23-11-12-25-21(5)28(31)16-18-30(25,7)27(23)15-17-29(24,26)6/h11,19-22,24-28,31H,8-10,12-18H2,1-7H3/t20-,21+,22+,24-,25-,26+,27+,28+,29-,30+/m1/s1. The highest BCUT2D eigenvalue weighted by molar-refractivity contribution is 5.28. The average molecular weight is 429 g/mol. The number of fused-ring (bicyclic) bond motifs is 5. The van der Waals surface area contributed by atoms with E-state index in [-0.39, 0.29) is 6.10 Å². The first kappa shape index (κ1) is 23.8. The van der Waals surface area contributed by atoms with Crippen LogP contribution in [-0.2, 0) is 0 Å². The Morgan fingerprint density at radius 3 is 2.32 bits per heavy atom. The van der Waals surface area contributed by atoms with Gasteiger partial charge < -0.3 is 5.11 Å². The monoisotopic (exact) mass is 428 g/mol. The fourth-order valence-electron chi connectivity index (χ4n) is 9.61. The number of aliphatic hydroxyl groups is 1. The first-order valence-electron chi connectivity index (χ1n) is 14.0. The lowest BCUT2D eigenvalue weighted by Gasteiger charge is -2.59. The molecule has 1 heteroatoms. The van der Waals surface area contributed by atoms with E-state index in [4.69, 9.17) is 0 Å². The van der Waals surface area contributed by atoms with Crippen LogP contribution in [0.15, 0.2) is 11.6 Å². The summed E-state index contributed by atoms with van der Waals surface area (Å²) < 4.78 is 0. The predicted molar refractivity (Wildman–Crippen MR) is 133 cm³/mol. The Morgan fingerprint density at radius 1 is 0.968 bits per heavy atom. The van der Waals surface area contributed by atoms with Crippen LogP contribution in [-0.4, -0.2) is 11.2 Å². The number of hydrogen-bond acceptors (Lipinski definition) is 1. The normalized spacial score (nSPS) is 46.7. The van der Waals surface area contributed by atoms with Gasteiger partial charge in [0.05, 0.1) is 6.10 Å². The molecule has 1 nitrogen and oxygen atoms in total. The second kappa shape index (κ2) is 8.81. The fraction of sp³-hybridized carbons (Fsp3) is 0.933. The zero-order valence-corrected chi connectivity index (χ0v) is 21.8. The summed E-state index contributed by atoms with van der Waals surface area (Å²) in [4.78, 5) is 0. The highest BCUT2D eigenvalue weighted by atomic mass is 16.3. The lowest BCUT2D eigenvalue weighted by Crippen LogP contribution is -2.52. The number of rotatable bonds is 6. The first-order chi connectivity index (χ1) is 14.6. The Balaban J connectivity index is 1.50. The highest BCUT2D eigenvalue weighted by Crippen LogP contribution is 2.67. The summed E-state index contributed by atoms with van der Waals surface area (Å²) in [6, 6.07) is 0. The van der Waals surface area contributed by atoms with Crippen LogP contribution in [0, 0.1) is 58.2 Å². The highest BCUT2D eigenvalue weighted by Gasteiger charge is 2.59. The van der Waals surface area contributed by atoms with E-state index >= 15 is 0 Å². The molecule has 178 valence electrons. The SMILES string of the molecule is CC[C@@H](CC[C@@H](C)[C@H]1CC[C@H]2C3=CC[C@@H]4[C@H](C)[C@@H](O)CC[C@]4(C)[C@H]3CC[C@]12C)C(C)C. The molecule has 0 unspecified atom stereocenters. The van der Waals surface area contributed by atoms with Crippen molar-refractivity contribution < 1.29 is 5.11 Å². The van der Waals surface area contributed by atoms with Crippen LogP contribution in [0.4, 0.5) is 0 Å². The summed E-state index contributed by atoms with van der Waals surface area (Å²) >= 11 is 0. The molecule has 3 fully saturated rings. The van der Waals surface area contributed by atoms with E-state index in [0.29, 0.717) is 22.7 Å². The number of hydrogen-bond donors (Lipinski definition) is 1. The predicted octanol–water partition coefficient (Wildman–Crippen LogP) is 8.27. The van der Waals surface area contributed by atoms with E-state index in [0.717, 1.165) is 41.9 Å². The van der Waals surface area contributed by atoms with Gasteiger partial charge in [0, 0.05) is 0 Å². The fourth-order valence-corrected chi connectivity index (χ4v) is 9.61. The van der Waals surface area contributed by atoms with Gasteiger partial charge >= 0.3 is 0 Å². The maximum absolute atomic E-state index is 10.5. The zero-order valence-electron chi connectivity index (χ0n) is 21.8. The van der Waals surface area contributed by atoms with Crippen molar-refractivity contribution in [3.8, 4) is 0 Å². The van der Waals surface area contributed by atoms with Crippen LogP contribution in [0.5, 0.6) is 0 Å². The van der Waals surface area contributed by atoms with Gasteiger partial charge in [-0.2, -0.15) is 0 Å². The Hall–Kier alpha value is -0.300. The lowest BCUT2D eigenvalue weighted by molar-refractivity contribution is -0.0774. The second-order valence-corrected chi connectivity index (χ2v) is 13.3. The minimum atomic E-state index is -0.0728. The average Bonchev–Trinajstić information content (AvgIpc) is 3.08. The molecule has 0 aliphatic heterocycles. The van der Waals surface area contributed by atoms with Crippen molar-refractivity contribution in [2.24, 2.45) is 58.2 Å². The van der Waals surface area contributed by atoms with Crippen LogP contribution >= 0.6 is 0 Å². The van der Waals surface area contributed by atoms with Gasteiger partial charge in [-0.1, -0.05) is 73.0 Å². The van der Waals surface area contributed by atoms with Gasteiger partial charge in [-0.15, -0.1) is 0 Å². The third-order valence-electron chi connectivity index (χ3n) is 11.8. The first-order valence-corrected chi connectivity index (χ1v) is 14.0. The van der Waals surface area contributed by atoms with Gasteiger partial charge in [-0.05, 0) is 110 Å². The molecule has 0 bridgehead atoms. The summed E-state index contributed by atoms with van der Waals surface area (Å²) in [5.74, 6) is 6.31. The number of aliphatic hydroxyl groups excluding tert-OH is 1. The van der Waals surface area contributed by atoms with E-state index in [9.17, 15) is 5.11 Å². The molecule has 1 N–H and O–H groups in total. The van der Waals surface area contributed by atoms with Crippen molar-refractivity contribution in [3.05, 3.63) is 11.6 Å². The quantitative estimate of drug-likeness (QED) is 0.422. The molecule has 0 aromatic rings. The molecule has 0 aromatic heterocycles.